The summed E-state index contributed by atoms with van der Waals surface area (Å²) in [6.45, 7) is 2.14. The molecule has 1 saturated heterocycles. The first kappa shape index (κ1) is 18.1. The molecule has 1 aliphatic rings. The smallest absolute Gasteiger partial charge is 0.269 e. The first-order valence-corrected chi connectivity index (χ1v) is 8.39. The van der Waals surface area contributed by atoms with E-state index in [1.54, 1.807) is 47.6 Å². The van der Waals surface area contributed by atoms with Crippen LogP contribution in [0.2, 0.25) is 0 Å². The van der Waals surface area contributed by atoms with Gasteiger partial charge in [-0.3, -0.25) is 19.9 Å². The summed E-state index contributed by atoms with van der Waals surface area (Å²) in [5.74, 6) is -0.294. The minimum atomic E-state index is -0.432. The van der Waals surface area contributed by atoms with E-state index in [2.05, 4.69) is 9.88 Å². The molecule has 0 saturated carbocycles. The number of nitro groups is 1. The van der Waals surface area contributed by atoms with E-state index in [1.165, 1.54) is 12.1 Å². The van der Waals surface area contributed by atoms with E-state index < -0.39 is 4.92 Å². The molecular weight excluding hydrogens is 346 g/mol. The Bertz CT molecular complexity index is 895. The second kappa shape index (κ2) is 8.10. The number of pyridine rings is 1. The molecule has 0 N–H and O–H groups in total. The number of aromatic nitrogens is 1. The van der Waals surface area contributed by atoms with E-state index in [4.69, 9.17) is 0 Å². The van der Waals surface area contributed by atoms with Gasteiger partial charge in [-0.1, -0.05) is 0 Å². The second-order valence-corrected chi connectivity index (χ2v) is 6.00. The Hall–Kier alpha value is -3.73. The maximum atomic E-state index is 12.6. The summed E-state index contributed by atoms with van der Waals surface area (Å²) in [5, 5.41) is 20.1. The van der Waals surface area contributed by atoms with Crippen LogP contribution in [0.25, 0.3) is 6.08 Å². The summed E-state index contributed by atoms with van der Waals surface area (Å²) in [7, 11) is 0. The molecule has 8 heteroatoms. The van der Waals surface area contributed by atoms with Gasteiger partial charge < -0.3 is 9.80 Å². The molecule has 1 aliphatic heterocycles. The standard InChI is InChI=1S/C19H17N5O3/c20-14-16(13-15-5-7-21-8-6-15)19(25)23-11-9-22(10-12-23)17-1-3-18(4-2-17)24(26)27/h1-8,13H,9-12H2/b16-13+. The van der Waals surface area contributed by atoms with Crippen LogP contribution in [-0.2, 0) is 4.79 Å². The van der Waals surface area contributed by atoms with Crippen molar-refractivity contribution in [2.75, 3.05) is 31.1 Å². The highest BCUT2D eigenvalue weighted by atomic mass is 16.6. The van der Waals surface area contributed by atoms with Crippen molar-refractivity contribution < 1.29 is 9.72 Å². The highest BCUT2D eigenvalue weighted by Gasteiger charge is 2.24. The lowest BCUT2D eigenvalue weighted by atomic mass is 10.1. The third kappa shape index (κ3) is 4.27. The zero-order valence-corrected chi connectivity index (χ0v) is 14.5. The van der Waals surface area contributed by atoms with E-state index in [-0.39, 0.29) is 17.2 Å². The summed E-state index contributed by atoms with van der Waals surface area (Å²) in [4.78, 5) is 30.6. The van der Waals surface area contributed by atoms with Crippen LogP contribution in [0.4, 0.5) is 11.4 Å². The number of non-ortho nitro benzene ring substituents is 1. The fourth-order valence-corrected chi connectivity index (χ4v) is 2.89. The minimum absolute atomic E-state index is 0.0486. The number of carbonyl (C=O) groups excluding carboxylic acids is 1. The summed E-state index contributed by atoms with van der Waals surface area (Å²) in [6, 6.07) is 11.8. The maximum absolute atomic E-state index is 12.6. The highest BCUT2D eigenvalue weighted by Crippen LogP contribution is 2.21. The Morgan fingerprint density at radius 3 is 2.30 bits per heavy atom. The molecule has 0 aliphatic carbocycles. The van der Waals surface area contributed by atoms with Crippen molar-refractivity contribution in [1.29, 1.82) is 5.26 Å². The summed E-state index contributed by atoms with van der Waals surface area (Å²) in [6.07, 6.45) is 4.77. The van der Waals surface area contributed by atoms with Gasteiger partial charge >= 0.3 is 0 Å². The van der Waals surface area contributed by atoms with Crippen molar-refractivity contribution in [2.45, 2.75) is 0 Å². The van der Waals surface area contributed by atoms with Gasteiger partial charge in [0.05, 0.1) is 4.92 Å². The number of nitriles is 1. The SMILES string of the molecule is N#C/C(=C\c1ccncc1)C(=O)N1CCN(c2ccc([N+](=O)[O-])cc2)CC1. The molecule has 0 atom stereocenters. The molecular formula is C19H17N5O3. The van der Waals surface area contributed by atoms with Crippen molar-refractivity contribution in [2.24, 2.45) is 0 Å². The first-order valence-electron chi connectivity index (χ1n) is 8.39. The van der Waals surface area contributed by atoms with Crippen LogP contribution in [0.1, 0.15) is 5.56 Å². The van der Waals surface area contributed by atoms with Crippen molar-refractivity contribution in [1.82, 2.24) is 9.88 Å². The average Bonchev–Trinajstić information content (AvgIpc) is 2.72. The molecule has 0 spiro atoms. The number of carbonyl (C=O) groups is 1. The molecule has 1 fully saturated rings. The third-order valence-corrected chi connectivity index (χ3v) is 4.36. The Kier molecular flexibility index (Phi) is 5.42. The lowest BCUT2D eigenvalue weighted by Gasteiger charge is -2.36. The zero-order chi connectivity index (χ0) is 19.2. The van der Waals surface area contributed by atoms with Crippen molar-refractivity contribution >= 4 is 23.4 Å². The average molecular weight is 363 g/mol. The Balaban J connectivity index is 1.64. The molecule has 0 radical (unpaired) electrons. The monoisotopic (exact) mass is 363 g/mol. The molecule has 1 aromatic carbocycles. The van der Waals surface area contributed by atoms with Gasteiger partial charge in [-0.25, -0.2) is 0 Å². The minimum Gasteiger partial charge on any atom is -0.368 e. The molecule has 3 rings (SSSR count). The normalized spacial score (nSPS) is 14.6. The summed E-state index contributed by atoms with van der Waals surface area (Å²) < 4.78 is 0. The molecule has 2 aromatic rings. The molecule has 1 aromatic heterocycles. The van der Waals surface area contributed by atoms with Gasteiger partial charge in [-0.05, 0) is 35.9 Å². The number of amides is 1. The van der Waals surface area contributed by atoms with Crippen LogP contribution in [0.3, 0.4) is 0 Å². The van der Waals surface area contributed by atoms with Crippen LogP contribution in [-0.4, -0.2) is 46.9 Å². The fourth-order valence-electron chi connectivity index (χ4n) is 2.89. The topological polar surface area (TPSA) is 103 Å². The van der Waals surface area contributed by atoms with Crippen molar-refractivity contribution in [3.05, 3.63) is 70.0 Å². The molecule has 2 heterocycles. The van der Waals surface area contributed by atoms with Gasteiger partial charge in [0.25, 0.3) is 11.6 Å². The molecule has 27 heavy (non-hydrogen) atoms. The number of nitro benzene ring substituents is 1. The van der Waals surface area contributed by atoms with Gasteiger partial charge in [0.2, 0.25) is 0 Å². The summed E-state index contributed by atoms with van der Waals surface area (Å²) in [5.41, 5.74) is 1.76. The van der Waals surface area contributed by atoms with Gasteiger partial charge in [0, 0.05) is 56.4 Å². The van der Waals surface area contributed by atoms with E-state index in [9.17, 15) is 20.2 Å². The van der Waals surface area contributed by atoms with Crippen LogP contribution in [0.15, 0.2) is 54.4 Å². The predicted octanol–water partition coefficient (Wildman–Crippen LogP) is 2.25. The molecule has 136 valence electrons. The second-order valence-electron chi connectivity index (χ2n) is 6.00. The first-order chi connectivity index (χ1) is 13.1. The number of benzene rings is 1. The van der Waals surface area contributed by atoms with E-state index >= 15 is 0 Å². The number of hydrogen-bond donors (Lipinski definition) is 0. The maximum Gasteiger partial charge on any atom is 0.269 e. The lowest BCUT2D eigenvalue weighted by Crippen LogP contribution is -2.49. The lowest BCUT2D eigenvalue weighted by molar-refractivity contribution is -0.384. The van der Waals surface area contributed by atoms with Crippen LogP contribution in [0.5, 0.6) is 0 Å². The van der Waals surface area contributed by atoms with Gasteiger partial charge in [-0.15, -0.1) is 0 Å². The van der Waals surface area contributed by atoms with Gasteiger partial charge in [-0.2, -0.15) is 5.26 Å². The predicted molar refractivity (Wildman–Crippen MR) is 99.7 cm³/mol. The van der Waals surface area contributed by atoms with Crippen molar-refractivity contribution in [3.8, 4) is 6.07 Å². The van der Waals surface area contributed by atoms with Crippen molar-refractivity contribution in [3.63, 3.8) is 0 Å². The van der Waals surface area contributed by atoms with Gasteiger partial charge in [0.15, 0.2) is 0 Å². The largest absolute Gasteiger partial charge is 0.368 e. The molecule has 0 unspecified atom stereocenters. The quantitative estimate of drug-likeness (QED) is 0.357. The zero-order valence-electron chi connectivity index (χ0n) is 14.5. The van der Waals surface area contributed by atoms with Crippen LogP contribution in [0, 0.1) is 21.4 Å². The van der Waals surface area contributed by atoms with Gasteiger partial charge in [0.1, 0.15) is 11.6 Å². The summed E-state index contributed by atoms with van der Waals surface area (Å²) >= 11 is 0. The number of nitrogens with zero attached hydrogens (tertiary/aromatic N) is 5. The molecule has 8 nitrogen and oxygen atoms in total. The van der Waals surface area contributed by atoms with E-state index in [1.807, 2.05) is 6.07 Å². The Morgan fingerprint density at radius 1 is 1.11 bits per heavy atom. The Labute approximate surface area is 156 Å². The fraction of sp³-hybridized carbons (Fsp3) is 0.211. The third-order valence-electron chi connectivity index (χ3n) is 4.36. The van der Waals surface area contributed by atoms with E-state index in [0.717, 1.165) is 11.3 Å². The van der Waals surface area contributed by atoms with Crippen LogP contribution >= 0.6 is 0 Å². The number of hydrogen-bond acceptors (Lipinski definition) is 6. The number of rotatable bonds is 4. The molecule has 0 bridgehead atoms. The highest BCUT2D eigenvalue weighted by molar-refractivity contribution is 6.01. The number of piperazine rings is 1. The number of anilines is 1. The van der Waals surface area contributed by atoms with Crippen LogP contribution < -0.4 is 4.90 Å². The van der Waals surface area contributed by atoms with E-state index in [0.29, 0.717) is 26.2 Å². The molecule has 1 amide bonds. The Morgan fingerprint density at radius 2 is 1.74 bits per heavy atom.